The number of ether oxygens (including phenoxy) is 1. The van der Waals surface area contributed by atoms with Gasteiger partial charge >= 0.3 is 0 Å². The van der Waals surface area contributed by atoms with Gasteiger partial charge in [-0.2, -0.15) is 0 Å². The molecule has 1 amide bonds. The average Bonchev–Trinajstić information content (AvgIpc) is 2.96. The van der Waals surface area contributed by atoms with E-state index in [-0.39, 0.29) is 29.3 Å². The van der Waals surface area contributed by atoms with Gasteiger partial charge < -0.3 is 15.0 Å². The highest BCUT2D eigenvalue weighted by Gasteiger charge is 2.41. The molecule has 1 N–H and O–H groups in total. The van der Waals surface area contributed by atoms with Crippen LogP contribution < -0.4 is 5.32 Å². The molecule has 2 fully saturated rings. The molecule has 3 rings (SSSR count). The van der Waals surface area contributed by atoms with Gasteiger partial charge in [0.2, 0.25) is 5.91 Å². The fourth-order valence-corrected chi connectivity index (χ4v) is 3.91. The molecular formula is C19H27FN2O2. The van der Waals surface area contributed by atoms with Crippen molar-refractivity contribution in [2.24, 2.45) is 5.41 Å². The summed E-state index contributed by atoms with van der Waals surface area (Å²) in [5.74, 6) is -0.253. The molecule has 2 aliphatic rings. The Hall–Kier alpha value is -1.46. The highest BCUT2D eigenvalue weighted by molar-refractivity contribution is 5.77. The second kappa shape index (κ2) is 7.19. The largest absolute Gasteiger partial charge is 0.377 e. The van der Waals surface area contributed by atoms with Gasteiger partial charge in [0.1, 0.15) is 5.82 Å². The van der Waals surface area contributed by atoms with Crippen LogP contribution in [0, 0.1) is 11.2 Å². The fourth-order valence-electron chi connectivity index (χ4n) is 3.91. The maximum Gasteiger partial charge on any atom is 0.225 e. The first kappa shape index (κ1) is 17.4. The molecule has 1 aromatic rings. The van der Waals surface area contributed by atoms with Gasteiger partial charge in [-0.3, -0.25) is 4.79 Å². The summed E-state index contributed by atoms with van der Waals surface area (Å²) >= 11 is 0. The number of nitrogens with zero attached hydrogens (tertiary/aromatic N) is 1. The lowest BCUT2D eigenvalue weighted by molar-refractivity contribution is -0.134. The van der Waals surface area contributed by atoms with Crippen molar-refractivity contribution in [3.63, 3.8) is 0 Å². The van der Waals surface area contributed by atoms with Gasteiger partial charge in [0.15, 0.2) is 0 Å². The third-order valence-corrected chi connectivity index (χ3v) is 5.68. The van der Waals surface area contributed by atoms with E-state index in [0.29, 0.717) is 12.0 Å². The number of carbonyl (C=O) groups is 1. The standard InChI is InChI=1S/C19H27FN2O2/c1-14(16-5-3-4-6-17(16)20)22(2)18(23)11-15-12-19(13-24-15)7-9-21-10-8-19/h3-6,14-15,21H,7-13H2,1-2H3. The van der Waals surface area contributed by atoms with Crippen LogP contribution in [0.2, 0.25) is 0 Å². The van der Waals surface area contributed by atoms with Crippen molar-refractivity contribution in [2.75, 3.05) is 26.7 Å². The summed E-state index contributed by atoms with van der Waals surface area (Å²) in [5, 5.41) is 3.38. The molecule has 5 heteroatoms. The zero-order valence-electron chi connectivity index (χ0n) is 14.6. The molecule has 0 bridgehead atoms. The van der Waals surface area contributed by atoms with Gasteiger partial charge in [-0.05, 0) is 50.8 Å². The van der Waals surface area contributed by atoms with Crippen molar-refractivity contribution in [2.45, 2.75) is 44.8 Å². The molecule has 2 heterocycles. The summed E-state index contributed by atoms with van der Waals surface area (Å²) in [6.45, 7) is 4.70. The zero-order chi connectivity index (χ0) is 17.2. The summed E-state index contributed by atoms with van der Waals surface area (Å²) < 4.78 is 19.9. The third-order valence-electron chi connectivity index (χ3n) is 5.68. The highest BCUT2D eigenvalue weighted by atomic mass is 19.1. The molecule has 0 aromatic heterocycles. The predicted octanol–water partition coefficient (Wildman–Crippen LogP) is 2.89. The molecule has 2 unspecified atom stereocenters. The Morgan fingerprint density at radius 3 is 2.83 bits per heavy atom. The monoisotopic (exact) mass is 334 g/mol. The quantitative estimate of drug-likeness (QED) is 0.920. The summed E-state index contributed by atoms with van der Waals surface area (Å²) in [4.78, 5) is 14.2. The first-order chi connectivity index (χ1) is 11.5. The number of piperidine rings is 1. The first-order valence-electron chi connectivity index (χ1n) is 8.83. The van der Waals surface area contributed by atoms with E-state index >= 15 is 0 Å². The first-order valence-corrected chi connectivity index (χ1v) is 8.83. The molecule has 4 nitrogen and oxygen atoms in total. The van der Waals surface area contributed by atoms with Crippen LogP contribution in [0.3, 0.4) is 0 Å². The van der Waals surface area contributed by atoms with Crippen molar-refractivity contribution in [1.29, 1.82) is 0 Å². The highest BCUT2D eigenvalue weighted by Crippen LogP contribution is 2.41. The number of benzene rings is 1. The fraction of sp³-hybridized carbons (Fsp3) is 0.632. The molecule has 1 spiro atoms. The van der Waals surface area contributed by atoms with E-state index in [2.05, 4.69) is 5.32 Å². The molecule has 132 valence electrons. The molecule has 1 aromatic carbocycles. The van der Waals surface area contributed by atoms with Crippen LogP contribution >= 0.6 is 0 Å². The minimum Gasteiger partial charge on any atom is -0.377 e. The number of hydrogen-bond donors (Lipinski definition) is 1. The van der Waals surface area contributed by atoms with Crippen LogP contribution in [0.15, 0.2) is 24.3 Å². The van der Waals surface area contributed by atoms with E-state index in [9.17, 15) is 9.18 Å². The third kappa shape index (κ3) is 3.62. The van der Waals surface area contributed by atoms with E-state index < -0.39 is 0 Å². The average molecular weight is 334 g/mol. The van der Waals surface area contributed by atoms with Crippen molar-refractivity contribution in [1.82, 2.24) is 10.2 Å². The Morgan fingerprint density at radius 2 is 2.12 bits per heavy atom. The maximum absolute atomic E-state index is 13.9. The summed E-state index contributed by atoms with van der Waals surface area (Å²) in [6, 6.07) is 6.35. The Balaban J connectivity index is 1.58. The van der Waals surface area contributed by atoms with Crippen molar-refractivity contribution >= 4 is 5.91 Å². The number of nitrogens with one attached hydrogen (secondary N) is 1. The maximum atomic E-state index is 13.9. The van der Waals surface area contributed by atoms with Crippen molar-refractivity contribution in [3.05, 3.63) is 35.6 Å². The molecule has 24 heavy (non-hydrogen) atoms. The molecule has 0 saturated carbocycles. The Morgan fingerprint density at radius 1 is 1.42 bits per heavy atom. The van der Waals surface area contributed by atoms with Crippen LogP contribution in [0.5, 0.6) is 0 Å². The number of amides is 1. The van der Waals surface area contributed by atoms with E-state index in [4.69, 9.17) is 4.74 Å². The van der Waals surface area contributed by atoms with Gasteiger partial charge in [0, 0.05) is 12.6 Å². The predicted molar refractivity (Wildman–Crippen MR) is 91.1 cm³/mol. The summed E-state index contributed by atoms with van der Waals surface area (Å²) in [6.07, 6.45) is 3.58. The van der Waals surface area contributed by atoms with Gasteiger partial charge in [-0.15, -0.1) is 0 Å². The Kier molecular flexibility index (Phi) is 5.21. The Bertz CT molecular complexity index is 586. The lowest BCUT2D eigenvalue weighted by Gasteiger charge is -2.32. The molecule has 0 aliphatic carbocycles. The minimum atomic E-state index is -0.284. The van der Waals surface area contributed by atoms with Crippen LogP contribution in [0.4, 0.5) is 4.39 Å². The second-order valence-electron chi connectivity index (χ2n) is 7.29. The zero-order valence-corrected chi connectivity index (χ0v) is 14.6. The molecule has 0 radical (unpaired) electrons. The Labute approximate surface area is 143 Å². The number of rotatable bonds is 4. The summed E-state index contributed by atoms with van der Waals surface area (Å²) in [7, 11) is 1.74. The van der Waals surface area contributed by atoms with Gasteiger partial charge in [-0.25, -0.2) is 4.39 Å². The second-order valence-corrected chi connectivity index (χ2v) is 7.29. The van der Waals surface area contributed by atoms with E-state index in [0.717, 1.165) is 39.0 Å². The van der Waals surface area contributed by atoms with E-state index in [1.807, 2.05) is 6.92 Å². The smallest absolute Gasteiger partial charge is 0.225 e. The number of halogens is 1. The molecule has 2 aliphatic heterocycles. The van der Waals surface area contributed by atoms with E-state index in [1.165, 1.54) is 6.07 Å². The van der Waals surface area contributed by atoms with Crippen molar-refractivity contribution in [3.8, 4) is 0 Å². The topological polar surface area (TPSA) is 41.6 Å². The lowest BCUT2D eigenvalue weighted by Crippen LogP contribution is -2.37. The van der Waals surface area contributed by atoms with Crippen LogP contribution in [0.1, 0.15) is 44.2 Å². The van der Waals surface area contributed by atoms with Gasteiger partial charge in [0.25, 0.3) is 0 Å². The van der Waals surface area contributed by atoms with Crippen LogP contribution in [0.25, 0.3) is 0 Å². The normalized spacial score (nSPS) is 24.0. The van der Waals surface area contributed by atoms with Crippen LogP contribution in [-0.4, -0.2) is 43.7 Å². The van der Waals surface area contributed by atoms with Gasteiger partial charge in [0.05, 0.1) is 25.2 Å². The molecular weight excluding hydrogens is 307 g/mol. The van der Waals surface area contributed by atoms with E-state index in [1.54, 1.807) is 30.1 Å². The minimum absolute atomic E-state index is 0.00845. The molecule has 2 saturated heterocycles. The number of hydrogen-bond acceptors (Lipinski definition) is 3. The number of carbonyl (C=O) groups excluding carboxylic acids is 1. The summed E-state index contributed by atoms with van der Waals surface area (Å²) in [5.41, 5.74) is 0.807. The van der Waals surface area contributed by atoms with Gasteiger partial charge in [-0.1, -0.05) is 18.2 Å². The SMILES string of the molecule is CC(c1ccccc1F)N(C)C(=O)CC1CC2(CCNCC2)CO1. The van der Waals surface area contributed by atoms with Crippen molar-refractivity contribution < 1.29 is 13.9 Å². The van der Waals surface area contributed by atoms with Crippen LogP contribution in [-0.2, 0) is 9.53 Å². The lowest BCUT2D eigenvalue weighted by atomic mass is 9.77. The molecule has 2 atom stereocenters.